The Morgan fingerprint density at radius 3 is 3.00 bits per heavy atom. The van der Waals surface area contributed by atoms with Gasteiger partial charge >= 0.3 is 0 Å². The smallest absolute Gasteiger partial charge is 0.237 e. The Kier molecular flexibility index (Phi) is 5.77. The van der Waals surface area contributed by atoms with Gasteiger partial charge in [-0.2, -0.15) is 0 Å². The Balaban J connectivity index is 2.10. The molecule has 0 aromatic carbocycles. The molecule has 0 heterocycles. The van der Waals surface area contributed by atoms with Crippen LogP contribution < -0.4 is 11.1 Å². The standard InChI is InChI=1S/C12H24N2O2/c1-3-5-9-8-11(9)14-12(15)10(13)6-4-7-16-2/h9-11H,3-8,13H2,1-2H3,(H,14,15). The van der Waals surface area contributed by atoms with Gasteiger partial charge in [0.2, 0.25) is 5.91 Å². The highest BCUT2D eigenvalue weighted by molar-refractivity contribution is 5.82. The van der Waals surface area contributed by atoms with E-state index < -0.39 is 0 Å². The molecule has 1 fully saturated rings. The first kappa shape index (κ1) is 13.5. The summed E-state index contributed by atoms with van der Waals surface area (Å²) in [7, 11) is 1.66. The Morgan fingerprint density at radius 2 is 2.38 bits per heavy atom. The lowest BCUT2D eigenvalue weighted by molar-refractivity contribution is -0.122. The van der Waals surface area contributed by atoms with E-state index >= 15 is 0 Å². The number of carbonyl (C=O) groups is 1. The van der Waals surface area contributed by atoms with Crippen LogP contribution >= 0.6 is 0 Å². The van der Waals surface area contributed by atoms with Crippen molar-refractivity contribution in [3.63, 3.8) is 0 Å². The Hall–Kier alpha value is -0.610. The van der Waals surface area contributed by atoms with Crippen LogP contribution in [0.4, 0.5) is 0 Å². The molecule has 1 aliphatic rings. The van der Waals surface area contributed by atoms with Crippen LogP contribution in [-0.2, 0) is 9.53 Å². The van der Waals surface area contributed by atoms with E-state index in [-0.39, 0.29) is 11.9 Å². The highest BCUT2D eigenvalue weighted by Crippen LogP contribution is 2.34. The van der Waals surface area contributed by atoms with E-state index in [9.17, 15) is 4.79 Å². The molecule has 0 aromatic heterocycles. The predicted molar refractivity (Wildman–Crippen MR) is 64.0 cm³/mol. The van der Waals surface area contributed by atoms with Gasteiger partial charge in [-0.15, -0.1) is 0 Å². The number of hydrogen-bond acceptors (Lipinski definition) is 3. The number of hydrogen-bond donors (Lipinski definition) is 2. The zero-order valence-corrected chi connectivity index (χ0v) is 10.4. The molecule has 3 atom stereocenters. The molecule has 16 heavy (non-hydrogen) atoms. The number of nitrogens with one attached hydrogen (secondary N) is 1. The Morgan fingerprint density at radius 1 is 1.62 bits per heavy atom. The number of amides is 1. The largest absolute Gasteiger partial charge is 0.385 e. The zero-order chi connectivity index (χ0) is 12.0. The van der Waals surface area contributed by atoms with Crippen molar-refractivity contribution >= 4 is 5.91 Å². The van der Waals surface area contributed by atoms with Crippen LogP contribution in [-0.4, -0.2) is 31.7 Å². The van der Waals surface area contributed by atoms with E-state index in [1.807, 2.05) is 0 Å². The molecule has 0 aliphatic heterocycles. The first-order valence-electron chi connectivity index (χ1n) is 6.24. The van der Waals surface area contributed by atoms with Gasteiger partial charge in [0.25, 0.3) is 0 Å². The molecule has 0 saturated heterocycles. The fourth-order valence-electron chi connectivity index (χ4n) is 1.98. The molecule has 1 rings (SSSR count). The van der Waals surface area contributed by atoms with Crippen LogP contribution in [0.1, 0.15) is 39.0 Å². The maximum atomic E-state index is 11.7. The summed E-state index contributed by atoms with van der Waals surface area (Å²) in [6.07, 6.45) is 5.07. The van der Waals surface area contributed by atoms with Crippen LogP contribution in [0.15, 0.2) is 0 Å². The first-order valence-corrected chi connectivity index (χ1v) is 6.24. The van der Waals surface area contributed by atoms with Crippen LogP contribution in [0, 0.1) is 5.92 Å². The molecule has 1 aliphatic carbocycles. The van der Waals surface area contributed by atoms with Crippen molar-refractivity contribution in [1.82, 2.24) is 5.32 Å². The lowest BCUT2D eigenvalue weighted by Gasteiger charge is -2.11. The number of carbonyl (C=O) groups excluding carboxylic acids is 1. The lowest BCUT2D eigenvalue weighted by Crippen LogP contribution is -2.42. The van der Waals surface area contributed by atoms with Crippen LogP contribution in [0.2, 0.25) is 0 Å². The second-order valence-electron chi connectivity index (χ2n) is 4.64. The third-order valence-corrected chi connectivity index (χ3v) is 3.11. The van der Waals surface area contributed by atoms with Crippen molar-refractivity contribution in [2.75, 3.05) is 13.7 Å². The Bertz CT molecular complexity index is 221. The lowest BCUT2D eigenvalue weighted by atomic mass is 10.1. The van der Waals surface area contributed by atoms with Crippen LogP contribution in [0.3, 0.4) is 0 Å². The molecule has 0 spiro atoms. The van der Waals surface area contributed by atoms with Gasteiger partial charge in [-0.1, -0.05) is 13.3 Å². The van der Waals surface area contributed by atoms with Gasteiger partial charge in [0.1, 0.15) is 0 Å². The third-order valence-electron chi connectivity index (χ3n) is 3.11. The van der Waals surface area contributed by atoms with Gasteiger partial charge in [-0.05, 0) is 31.6 Å². The molecule has 4 nitrogen and oxygen atoms in total. The van der Waals surface area contributed by atoms with E-state index in [0.29, 0.717) is 25.0 Å². The number of rotatable bonds is 8. The van der Waals surface area contributed by atoms with Crippen molar-refractivity contribution in [3.05, 3.63) is 0 Å². The SMILES string of the molecule is CCCC1CC1NC(=O)C(N)CCCOC. The molecular weight excluding hydrogens is 204 g/mol. The first-order chi connectivity index (χ1) is 7.69. The molecule has 4 heteroatoms. The average Bonchev–Trinajstić information content (AvgIpc) is 2.97. The van der Waals surface area contributed by atoms with Gasteiger partial charge in [0.05, 0.1) is 6.04 Å². The maximum Gasteiger partial charge on any atom is 0.237 e. The molecule has 0 radical (unpaired) electrons. The quantitative estimate of drug-likeness (QED) is 0.610. The summed E-state index contributed by atoms with van der Waals surface area (Å²) < 4.78 is 4.93. The molecular formula is C12H24N2O2. The highest BCUT2D eigenvalue weighted by Gasteiger charge is 2.37. The fraction of sp³-hybridized carbons (Fsp3) is 0.917. The second kappa shape index (κ2) is 6.86. The molecule has 3 unspecified atom stereocenters. The minimum atomic E-state index is -0.377. The topological polar surface area (TPSA) is 64.4 Å². The molecule has 0 bridgehead atoms. The van der Waals surface area contributed by atoms with Crippen molar-refractivity contribution in [3.8, 4) is 0 Å². The van der Waals surface area contributed by atoms with Crippen LogP contribution in [0.5, 0.6) is 0 Å². The number of ether oxygens (including phenoxy) is 1. The summed E-state index contributed by atoms with van der Waals surface area (Å²) in [6, 6.07) is 0.0129. The Labute approximate surface area is 97.9 Å². The minimum absolute atomic E-state index is 0.000272. The van der Waals surface area contributed by atoms with Gasteiger partial charge in [0.15, 0.2) is 0 Å². The third kappa shape index (κ3) is 4.49. The maximum absolute atomic E-state index is 11.7. The van der Waals surface area contributed by atoms with Crippen molar-refractivity contribution in [2.45, 2.75) is 51.1 Å². The van der Waals surface area contributed by atoms with E-state index in [1.54, 1.807) is 7.11 Å². The predicted octanol–water partition coefficient (Wildman–Crippen LogP) is 1.05. The van der Waals surface area contributed by atoms with Gasteiger partial charge < -0.3 is 15.8 Å². The highest BCUT2D eigenvalue weighted by atomic mass is 16.5. The molecule has 94 valence electrons. The summed E-state index contributed by atoms with van der Waals surface area (Å²) >= 11 is 0. The molecule has 1 amide bonds. The monoisotopic (exact) mass is 228 g/mol. The molecule has 1 saturated carbocycles. The average molecular weight is 228 g/mol. The fourth-order valence-corrected chi connectivity index (χ4v) is 1.98. The van der Waals surface area contributed by atoms with Crippen molar-refractivity contribution in [1.29, 1.82) is 0 Å². The van der Waals surface area contributed by atoms with Crippen molar-refractivity contribution < 1.29 is 9.53 Å². The summed E-state index contributed by atoms with van der Waals surface area (Å²) in [4.78, 5) is 11.7. The summed E-state index contributed by atoms with van der Waals surface area (Å²) in [5, 5.41) is 3.01. The summed E-state index contributed by atoms with van der Waals surface area (Å²) in [6.45, 7) is 2.84. The number of nitrogens with two attached hydrogens (primary N) is 1. The zero-order valence-electron chi connectivity index (χ0n) is 10.4. The van der Waals surface area contributed by atoms with E-state index in [1.165, 1.54) is 12.8 Å². The summed E-state index contributed by atoms with van der Waals surface area (Å²) in [5.41, 5.74) is 5.79. The van der Waals surface area contributed by atoms with Gasteiger partial charge in [-0.3, -0.25) is 4.79 Å². The van der Waals surface area contributed by atoms with E-state index in [4.69, 9.17) is 10.5 Å². The van der Waals surface area contributed by atoms with Gasteiger partial charge in [0, 0.05) is 19.8 Å². The van der Waals surface area contributed by atoms with Crippen molar-refractivity contribution in [2.24, 2.45) is 11.7 Å². The number of methoxy groups -OCH3 is 1. The van der Waals surface area contributed by atoms with Gasteiger partial charge in [-0.25, -0.2) is 0 Å². The second-order valence-corrected chi connectivity index (χ2v) is 4.64. The normalized spacial score (nSPS) is 25.2. The summed E-state index contributed by atoms with van der Waals surface area (Å²) in [5.74, 6) is 0.694. The molecule has 3 N–H and O–H groups in total. The van der Waals surface area contributed by atoms with Crippen LogP contribution in [0.25, 0.3) is 0 Å². The minimum Gasteiger partial charge on any atom is -0.385 e. The van der Waals surface area contributed by atoms with E-state index in [0.717, 1.165) is 12.8 Å². The molecule has 0 aromatic rings. The van der Waals surface area contributed by atoms with E-state index in [2.05, 4.69) is 12.2 Å².